The van der Waals surface area contributed by atoms with E-state index in [4.69, 9.17) is 44.6 Å². The molecule has 3 aromatic heterocycles. The minimum atomic E-state index is -1.15. The monoisotopic (exact) mass is 1320 g/mol. The van der Waals surface area contributed by atoms with E-state index in [1.807, 2.05) is 59.4 Å². The lowest BCUT2D eigenvalue weighted by Gasteiger charge is -2.26. The van der Waals surface area contributed by atoms with Crippen molar-refractivity contribution < 1.29 is 57.1 Å². The molecule has 4 atom stereocenters. The van der Waals surface area contributed by atoms with Gasteiger partial charge in [0.15, 0.2) is 11.4 Å². The van der Waals surface area contributed by atoms with E-state index >= 15 is 0 Å². The molecule has 6 rings (SSSR count). The van der Waals surface area contributed by atoms with E-state index < -0.39 is 47.4 Å². The van der Waals surface area contributed by atoms with Gasteiger partial charge in [0.1, 0.15) is 24.1 Å². The van der Waals surface area contributed by atoms with Crippen molar-refractivity contribution >= 4 is 84.1 Å². The topological polar surface area (TPSA) is 307 Å². The maximum atomic E-state index is 13.4. The van der Waals surface area contributed by atoms with E-state index in [1.165, 1.54) is 6.92 Å². The molecule has 0 aliphatic carbocycles. The molecule has 0 radical (unpaired) electrons. The lowest BCUT2D eigenvalue weighted by molar-refractivity contribution is -0.137. The molecule has 0 saturated carbocycles. The van der Waals surface area contributed by atoms with Crippen LogP contribution in [0.1, 0.15) is 115 Å². The molecular weight excluding hydrogens is 1240 g/mol. The van der Waals surface area contributed by atoms with Crippen LogP contribution in [0.4, 0.5) is 11.8 Å². The Bertz CT molecular complexity index is 2900. The third-order valence-electron chi connectivity index (χ3n) is 14.4. The van der Waals surface area contributed by atoms with E-state index in [1.54, 1.807) is 20.0 Å². The number of nitrogens with zero attached hydrogens (tertiary/aromatic N) is 6. The van der Waals surface area contributed by atoms with Crippen LogP contribution in [-0.2, 0) is 65.4 Å². The second-order valence-electron chi connectivity index (χ2n) is 21.4. The zero-order valence-corrected chi connectivity index (χ0v) is 52.9. The number of benzene rings is 2. The first-order valence-corrected chi connectivity index (χ1v) is 31.5. The van der Waals surface area contributed by atoms with Crippen molar-refractivity contribution in [2.45, 2.75) is 123 Å². The summed E-state index contributed by atoms with van der Waals surface area (Å²) in [5.74, 6) is -3.43. The Morgan fingerprint density at radius 1 is 0.698 bits per heavy atom. The van der Waals surface area contributed by atoms with Crippen molar-refractivity contribution in [1.82, 2.24) is 45.9 Å². The summed E-state index contributed by atoms with van der Waals surface area (Å²) in [7, 11) is 0. The highest BCUT2D eigenvalue weighted by atomic mass is 79.9. The number of hydrogen-bond acceptors (Lipinski definition) is 19. The highest BCUT2D eigenvalue weighted by Crippen LogP contribution is 2.43. The summed E-state index contributed by atoms with van der Waals surface area (Å²) in [6.45, 7) is 12.0. The summed E-state index contributed by atoms with van der Waals surface area (Å²) in [5.41, 5.74) is 15.7. The van der Waals surface area contributed by atoms with E-state index in [2.05, 4.69) is 73.1 Å². The van der Waals surface area contributed by atoms with E-state index in [9.17, 15) is 24.0 Å². The van der Waals surface area contributed by atoms with E-state index in [-0.39, 0.29) is 24.2 Å². The lowest BCUT2D eigenvalue weighted by Crippen LogP contribution is -2.49. The summed E-state index contributed by atoms with van der Waals surface area (Å²) in [6, 6.07) is 13.3. The fraction of sp³-hybridized carbons (Fsp3) is 0.574. The molecule has 0 spiro atoms. The molecule has 1 saturated heterocycles. The van der Waals surface area contributed by atoms with Crippen LogP contribution in [0.2, 0.25) is 0 Å². The Morgan fingerprint density at radius 2 is 1.30 bits per heavy atom. The Balaban J connectivity index is 0.672. The van der Waals surface area contributed by atoms with Crippen molar-refractivity contribution in [3.8, 4) is 16.9 Å². The summed E-state index contributed by atoms with van der Waals surface area (Å²) in [6.07, 6.45) is 14.9. The average molecular weight is 1320 g/mol. The Morgan fingerprint density at radius 3 is 1.92 bits per heavy atom. The molecule has 0 unspecified atom stereocenters. The molecule has 5 aromatic rings. The van der Waals surface area contributed by atoms with Crippen LogP contribution >= 0.6 is 31.9 Å². The number of amides is 4. The van der Waals surface area contributed by atoms with E-state index in [0.29, 0.717) is 125 Å². The Kier molecular flexibility index (Phi) is 30.7. The van der Waals surface area contributed by atoms with Gasteiger partial charge in [0.05, 0.1) is 107 Å². The number of carbonyl (C=O) groups excluding carboxylic acids is 5. The van der Waals surface area contributed by atoms with E-state index in [0.717, 1.165) is 98.5 Å². The zero-order chi connectivity index (χ0) is 61.5. The largest absolute Gasteiger partial charge is 0.490 e. The van der Waals surface area contributed by atoms with Gasteiger partial charge in [-0.2, -0.15) is 4.98 Å². The fourth-order valence-corrected chi connectivity index (χ4v) is 11.1. The lowest BCUT2D eigenvalue weighted by atomic mass is 9.85. The number of Topliss-reactive ketones (excluding diaryl/α,β-unsaturated/α-hetero) is 1. The van der Waals surface area contributed by atoms with Gasteiger partial charge in [0, 0.05) is 53.0 Å². The summed E-state index contributed by atoms with van der Waals surface area (Å²) in [5, 5.41) is 17.4. The highest BCUT2D eigenvalue weighted by molar-refractivity contribution is 9.11. The number of halogens is 2. The normalized spacial score (nSPS) is 14.9. The van der Waals surface area contributed by atoms with Gasteiger partial charge in [-0.15, -0.1) is 5.10 Å². The third kappa shape index (κ3) is 23.6. The molecule has 4 amide bonds. The molecule has 23 nitrogen and oxygen atoms in total. The van der Waals surface area contributed by atoms with Gasteiger partial charge in [-0.1, -0.05) is 111 Å². The first kappa shape index (κ1) is 69.0. The minimum Gasteiger partial charge on any atom is -0.490 e. The van der Waals surface area contributed by atoms with Gasteiger partial charge in [0.25, 0.3) is 0 Å². The third-order valence-corrected chi connectivity index (χ3v) is 15.8. The number of rotatable bonds is 44. The number of ketones is 1. The van der Waals surface area contributed by atoms with Crippen LogP contribution in [0.5, 0.6) is 5.75 Å². The molecule has 25 heteroatoms. The van der Waals surface area contributed by atoms with Gasteiger partial charge < -0.3 is 55.3 Å². The van der Waals surface area contributed by atoms with Crippen LogP contribution in [0.15, 0.2) is 69.9 Å². The molecule has 86 heavy (non-hydrogen) atoms. The van der Waals surface area contributed by atoms with Crippen molar-refractivity contribution in [3.63, 3.8) is 0 Å². The number of aromatic nitrogens is 6. The number of nitrogens with one attached hydrogen (secondary N) is 3. The molecule has 4 heterocycles. The Hall–Kier alpha value is -6.06. The maximum absolute atomic E-state index is 13.4. The molecule has 0 bridgehead atoms. The standard InChI is InChI=1S/C61H85Br2N11O12/c1-41(2)55(56(77)52-42(3)59(78)71-60(52)79)68-51(76)38-48(43-17-11-10-12-18-43)67-50(75)20-13-8-6-4-5-7-9-15-23-74-40-45(72-73-74)19-14-16-24-80-25-26-81-27-28-82-29-30-83-31-32-84-33-34-85-35-36-86-49-22-21-47(62)53(54(49)63)46-37-44-39-66-61(65)70-58(44)69-57(46)64/h10-12,17-18,21-22,37,39-42,48,52,55H,4-9,13-16,19-20,23-36,38H2,1-3H3,(H,67,75)(H,68,76)(H,71,78,79)(H4,64,65,66,69,70)/t42-,48-,52+,55-/m0/s1. The fourth-order valence-electron chi connectivity index (χ4n) is 9.64. The van der Waals surface area contributed by atoms with Crippen molar-refractivity contribution in [1.29, 1.82) is 0 Å². The van der Waals surface area contributed by atoms with Crippen LogP contribution in [0.25, 0.3) is 22.2 Å². The van der Waals surface area contributed by atoms with Gasteiger partial charge in [-0.05, 0) is 77.7 Å². The molecule has 7 N–H and O–H groups in total. The number of ether oxygens (including phenoxy) is 7. The second-order valence-corrected chi connectivity index (χ2v) is 23.0. The number of carbonyl (C=O) groups is 5. The predicted molar refractivity (Wildman–Crippen MR) is 331 cm³/mol. The number of fused-ring (bicyclic) bond motifs is 1. The first-order valence-electron chi connectivity index (χ1n) is 29.9. The van der Waals surface area contributed by atoms with Crippen LogP contribution in [0.3, 0.4) is 0 Å². The van der Waals surface area contributed by atoms with Crippen LogP contribution < -0.4 is 32.2 Å². The molecule has 1 fully saturated rings. The minimum absolute atomic E-state index is 0.0835. The second kappa shape index (κ2) is 38.3. The number of pyridine rings is 1. The SMILES string of the molecule is CC(C)[C@H](NC(=O)C[C@H](NC(=O)CCCCCCCCCCn1cc(CCCCOCCOCCOCCOCCOCCOCCOc2ccc(Br)c(-c3cc4cnc(N)nc4nc3N)c2Br)nn1)c1ccccc1)C(=O)[C@@H]1C(=O)NC(=O)[C@H]1C. The number of imide groups is 1. The van der Waals surface area contributed by atoms with Crippen molar-refractivity contribution in [2.24, 2.45) is 17.8 Å². The number of nitrogens with two attached hydrogens (primary N) is 2. The predicted octanol–water partition coefficient (Wildman–Crippen LogP) is 7.85. The Labute approximate surface area is 520 Å². The molecule has 1 aliphatic heterocycles. The van der Waals surface area contributed by atoms with Gasteiger partial charge >= 0.3 is 0 Å². The number of anilines is 2. The summed E-state index contributed by atoms with van der Waals surface area (Å²) in [4.78, 5) is 76.9. The van der Waals surface area contributed by atoms with Crippen LogP contribution in [0, 0.1) is 17.8 Å². The quantitative estimate of drug-likeness (QED) is 0.0141. The molecule has 470 valence electrons. The van der Waals surface area contributed by atoms with Gasteiger partial charge in [-0.25, -0.2) is 9.97 Å². The molecule has 1 aliphatic rings. The summed E-state index contributed by atoms with van der Waals surface area (Å²) < 4.78 is 43.3. The molecular formula is C61H85Br2N11O12. The number of aryl methyl sites for hydroxylation is 2. The van der Waals surface area contributed by atoms with Crippen molar-refractivity contribution in [3.05, 3.63) is 81.1 Å². The van der Waals surface area contributed by atoms with Gasteiger partial charge in [0.2, 0.25) is 29.6 Å². The van der Waals surface area contributed by atoms with Crippen LogP contribution in [-0.4, -0.2) is 151 Å². The number of hydrogen-bond donors (Lipinski definition) is 5. The zero-order valence-electron chi connectivity index (χ0n) is 49.7. The van der Waals surface area contributed by atoms with Gasteiger partial charge in [-0.3, -0.25) is 34.0 Å². The van der Waals surface area contributed by atoms with Crippen molar-refractivity contribution in [2.75, 3.05) is 97.4 Å². The summed E-state index contributed by atoms with van der Waals surface area (Å²) >= 11 is 7.29. The average Bonchev–Trinajstić information content (AvgIpc) is 1.85. The maximum Gasteiger partial charge on any atom is 0.238 e. The smallest absolute Gasteiger partial charge is 0.238 e. The molecule has 2 aromatic carbocycles. The highest BCUT2D eigenvalue weighted by Gasteiger charge is 2.46. The first-order chi connectivity index (χ1) is 41.7. The number of unbranched alkanes of at least 4 members (excludes halogenated alkanes) is 8. The number of nitrogen functional groups attached to an aromatic ring is 2.